The maximum absolute atomic E-state index is 12.1. The fourth-order valence-corrected chi connectivity index (χ4v) is 3.74. The molecule has 0 aromatic rings. The van der Waals surface area contributed by atoms with Gasteiger partial charge >= 0.3 is 5.97 Å². The van der Waals surface area contributed by atoms with Gasteiger partial charge in [-0.1, -0.05) is 19.3 Å². The lowest BCUT2D eigenvalue weighted by Gasteiger charge is -2.36. The second-order valence-corrected chi connectivity index (χ2v) is 6.81. The van der Waals surface area contributed by atoms with Gasteiger partial charge in [0.2, 0.25) is 5.91 Å². The number of hydrogen-bond donors (Lipinski definition) is 3. The molecule has 3 N–H and O–H groups in total. The van der Waals surface area contributed by atoms with Crippen molar-refractivity contribution in [2.24, 2.45) is 11.3 Å². The molecule has 1 amide bonds. The Kier molecular flexibility index (Phi) is 6.03. The maximum Gasteiger partial charge on any atom is 0.303 e. The van der Waals surface area contributed by atoms with Crippen molar-refractivity contribution in [2.45, 2.75) is 57.8 Å². The van der Waals surface area contributed by atoms with Gasteiger partial charge in [-0.05, 0) is 50.1 Å². The normalized spacial score (nSPS) is 22.7. The van der Waals surface area contributed by atoms with E-state index >= 15 is 0 Å². The molecule has 5 nitrogen and oxygen atoms in total. The predicted octanol–water partition coefficient (Wildman–Crippen LogP) is 1.92. The summed E-state index contributed by atoms with van der Waals surface area (Å²) in [5.74, 6) is -0.172. The Morgan fingerprint density at radius 2 is 1.81 bits per heavy atom. The van der Waals surface area contributed by atoms with Crippen LogP contribution in [-0.4, -0.2) is 36.6 Å². The third kappa shape index (κ3) is 5.30. The Morgan fingerprint density at radius 1 is 1.14 bits per heavy atom. The van der Waals surface area contributed by atoms with Gasteiger partial charge in [0.15, 0.2) is 0 Å². The first-order chi connectivity index (χ1) is 10.1. The van der Waals surface area contributed by atoms with E-state index in [1.54, 1.807) is 0 Å². The van der Waals surface area contributed by atoms with Gasteiger partial charge in [-0.3, -0.25) is 9.59 Å². The first-order valence-electron chi connectivity index (χ1n) is 8.29. The van der Waals surface area contributed by atoms with E-state index in [4.69, 9.17) is 5.11 Å². The summed E-state index contributed by atoms with van der Waals surface area (Å²) in [6.45, 7) is 2.53. The van der Waals surface area contributed by atoms with Crippen molar-refractivity contribution in [3.8, 4) is 0 Å². The van der Waals surface area contributed by atoms with Crippen LogP contribution in [0.3, 0.4) is 0 Å². The Hall–Kier alpha value is -1.10. The van der Waals surface area contributed by atoms with Gasteiger partial charge in [-0.2, -0.15) is 0 Å². The summed E-state index contributed by atoms with van der Waals surface area (Å²) in [7, 11) is 0. The van der Waals surface area contributed by atoms with Crippen LogP contribution >= 0.6 is 0 Å². The SMILES string of the molecule is O=C(O)CC1(CNC(=O)CC2CCNCC2)CCCCC1. The minimum atomic E-state index is -0.746. The van der Waals surface area contributed by atoms with Gasteiger partial charge in [0, 0.05) is 13.0 Å². The molecule has 0 bridgehead atoms. The third-order valence-corrected chi connectivity index (χ3v) is 5.03. The second kappa shape index (κ2) is 7.78. The van der Waals surface area contributed by atoms with E-state index in [-0.39, 0.29) is 17.7 Å². The molecule has 5 heteroatoms. The lowest BCUT2D eigenvalue weighted by molar-refractivity contribution is -0.140. The molecule has 0 radical (unpaired) electrons. The molecule has 1 aliphatic heterocycles. The minimum absolute atomic E-state index is 0.0947. The van der Waals surface area contributed by atoms with Crippen LogP contribution in [0.25, 0.3) is 0 Å². The van der Waals surface area contributed by atoms with Gasteiger partial charge in [-0.15, -0.1) is 0 Å². The number of piperidine rings is 1. The van der Waals surface area contributed by atoms with E-state index in [1.807, 2.05) is 0 Å². The monoisotopic (exact) mass is 296 g/mol. The summed E-state index contributed by atoms with van der Waals surface area (Å²) in [5.41, 5.74) is -0.214. The number of nitrogens with one attached hydrogen (secondary N) is 2. The summed E-state index contributed by atoms with van der Waals surface area (Å²) < 4.78 is 0. The average molecular weight is 296 g/mol. The lowest BCUT2D eigenvalue weighted by Crippen LogP contribution is -2.41. The first-order valence-corrected chi connectivity index (χ1v) is 8.29. The molecule has 0 atom stereocenters. The standard InChI is InChI=1S/C16H28N2O3/c19-14(10-13-4-8-17-9-5-13)18-12-16(11-15(20)21)6-2-1-3-7-16/h13,17H,1-12H2,(H,18,19)(H,20,21). The number of carbonyl (C=O) groups excluding carboxylic acids is 1. The molecule has 120 valence electrons. The quantitative estimate of drug-likeness (QED) is 0.699. The fraction of sp³-hybridized carbons (Fsp3) is 0.875. The van der Waals surface area contributed by atoms with E-state index in [0.29, 0.717) is 18.9 Å². The van der Waals surface area contributed by atoms with Crippen LogP contribution in [0.4, 0.5) is 0 Å². The Morgan fingerprint density at radius 3 is 2.43 bits per heavy atom. The highest BCUT2D eigenvalue weighted by Gasteiger charge is 2.34. The van der Waals surface area contributed by atoms with E-state index in [9.17, 15) is 9.59 Å². The van der Waals surface area contributed by atoms with Crippen LogP contribution in [0.2, 0.25) is 0 Å². The predicted molar refractivity (Wildman–Crippen MR) is 81.0 cm³/mol. The fourth-order valence-electron chi connectivity index (χ4n) is 3.74. The van der Waals surface area contributed by atoms with Gasteiger partial charge < -0.3 is 15.7 Å². The molecule has 2 rings (SSSR count). The molecule has 1 aliphatic carbocycles. The molecule has 1 saturated heterocycles. The highest BCUT2D eigenvalue weighted by Crippen LogP contribution is 2.38. The number of carboxylic acids is 1. The number of carbonyl (C=O) groups is 2. The molecule has 0 aromatic carbocycles. The van der Waals surface area contributed by atoms with Crippen molar-refractivity contribution in [3.63, 3.8) is 0 Å². The molecule has 0 aromatic heterocycles. The van der Waals surface area contributed by atoms with Crippen molar-refractivity contribution < 1.29 is 14.7 Å². The van der Waals surface area contributed by atoms with Crippen LogP contribution in [0, 0.1) is 11.3 Å². The van der Waals surface area contributed by atoms with Crippen LogP contribution in [0.1, 0.15) is 57.8 Å². The average Bonchev–Trinajstić information content (AvgIpc) is 2.47. The summed E-state index contributed by atoms with van der Waals surface area (Å²) in [4.78, 5) is 23.2. The number of hydrogen-bond acceptors (Lipinski definition) is 3. The Labute approximate surface area is 126 Å². The Bertz CT molecular complexity index is 359. The van der Waals surface area contributed by atoms with Gasteiger partial charge in [0.25, 0.3) is 0 Å². The van der Waals surface area contributed by atoms with Crippen LogP contribution in [0.15, 0.2) is 0 Å². The van der Waals surface area contributed by atoms with Gasteiger partial charge in [0.1, 0.15) is 0 Å². The third-order valence-electron chi connectivity index (χ3n) is 5.03. The van der Waals surface area contributed by atoms with Gasteiger partial charge in [0.05, 0.1) is 6.42 Å². The van der Waals surface area contributed by atoms with E-state index in [2.05, 4.69) is 10.6 Å². The summed E-state index contributed by atoms with van der Waals surface area (Å²) >= 11 is 0. The van der Waals surface area contributed by atoms with Crippen molar-refractivity contribution >= 4 is 11.9 Å². The summed E-state index contributed by atoms with van der Waals surface area (Å²) in [6, 6.07) is 0. The van der Waals surface area contributed by atoms with E-state index in [0.717, 1.165) is 51.6 Å². The van der Waals surface area contributed by atoms with Crippen molar-refractivity contribution in [3.05, 3.63) is 0 Å². The molecule has 2 fully saturated rings. The summed E-state index contributed by atoms with van der Waals surface area (Å²) in [5, 5.41) is 15.5. The molecular formula is C16H28N2O3. The molecule has 2 aliphatic rings. The van der Waals surface area contributed by atoms with E-state index in [1.165, 1.54) is 6.42 Å². The maximum atomic E-state index is 12.1. The molecule has 1 heterocycles. The molecule has 1 saturated carbocycles. The number of aliphatic carboxylic acids is 1. The zero-order valence-electron chi connectivity index (χ0n) is 12.8. The van der Waals surface area contributed by atoms with Crippen LogP contribution in [0.5, 0.6) is 0 Å². The lowest BCUT2D eigenvalue weighted by atomic mass is 9.71. The van der Waals surface area contributed by atoms with Crippen LogP contribution < -0.4 is 10.6 Å². The smallest absolute Gasteiger partial charge is 0.303 e. The largest absolute Gasteiger partial charge is 0.481 e. The number of rotatable bonds is 6. The zero-order chi connectivity index (χ0) is 15.1. The van der Waals surface area contributed by atoms with Crippen LogP contribution in [-0.2, 0) is 9.59 Å². The second-order valence-electron chi connectivity index (χ2n) is 6.81. The van der Waals surface area contributed by atoms with E-state index < -0.39 is 5.97 Å². The molecule has 0 unspecified atom stereocenters. The summed E-state index contributed by atoms with van der Waals surface area (Å²) in [6.07, 6.45) is 8.09. The van der Waals surface area contributed by atoms with Crippen molar-refractivity contribution in [1.29, 1.82) is 0 Å². The molecular weight excluding hydrogens is 268 g/mol. The highest BCUT2D eigenvalue weighted by molar-refractivity contribution is 5.76. The minimum Gasteiger partial charge on any atom is -0.481 e. The zero-order valence-corrected chi connectivity index (χ0v) is 12.8. The number of amides is 1. The Balaban J connectivity index is 1.79. The topological polar surface area (TPSA) is 78.4 Å². The van der Waals surface area contributed by atoms with Crippen molar-refractivity contribution in [2.75, 3.05) is 19.6 Å². The molecule has 0 spiro atoms. The first kappa shape index (κ1) is 16.3. The number of carboxylic acid groups (broad SMARTS) is 1. The van der Waals surface area contributed by atoms with Gasteiger partial charge in [-0.25, -0.2) is 0 Å². The highest BCUT2D eigenvalue weighted by atomic mass is 16.4. The molecule has 21 heavy (non-hydrogen) atoms. The van der Waals surface area contributed by atoms with Crippen molar-refractivity contribution in [1.82, 2.24) is 10.6 Å².